The Bertz CT molecular complexity index is 1030. The molecule has 0 aliphatic rings. The summed E-state index contributed by atoms with van der Waals surface area (Å²) in [6, 6.07) is 11.0. The Kier molecular flexibility index (Phi) is 6.76. The topological polar surface area (TPSA) is 126 Å². The van der Waals surface area contributed by atoms with E-state index in [1.54, 1.807) is 24.4 Å². The first-order chi connectivity index (χ1) is 14.4. The van der Waals surface area contributed by atoms with E-state index in [0.717, 1.165) is 0 Å². The Morgan fingerprint density at radius 1 is 1.17 bits per heavy atom. The van der Waals surface area contributed by atoms with Crippen molar-refractivity contribution >= 4 is 34.7 Å². The Morgan fingerprint density at radius 2 is 1.97 bits per heavy atom. The van der Waals surface area contributed by atoms with Gasteiger partial charge >= 0.3 is 0 Å². The number of anilines is 3. The zero-order valence-corrected chi connectivity index (χ0v) is 17.2. The van der Waals surface area contributed by atoms with E-state index in [4.69, 9.17) is 11.6 Å². The zero-order chi connectivity index (χ0) is 21.7. The van der Waals surface area contributed by atoms with Crippen LogP contribution in [-0.2, 0) is 0 Å². The van der Waals surface area contributed by atoms with Crippen LogP contribution in [0.5, 0.6) is 0 Å². The standard InChI is InChI=1S/C20H21ClN6O3/c1-12(2)17(11-28)25-20-24-15(14-5-3-4-8-22-14)10-19(26-20)23-16-9-13(21)6-7-18(16)27(29)30/h3-10,12,17,28H,11H2,1-2H3,(H2,23,24,25,26)/t17-/m0/s1. The van der Waals surface area contributed by atoms with Gasteiger partial charge in [0.2, 0.25) is 5.95 Å². The van der Waals surface area contributed by atoms with Crippen LogP contribution in [0.2, 0.25) is 5.02 Å². The van der Waals surface area contributed by atoms with Gasteiger partial charge < -0.3 is 15.7 Å². The molecule has 3 N–H and O–H groups in total. The molecule has 0 bridgehead atoms. The summed E-state index contributed by atoms with van der Waals surface area (Å²) >= 11 is 6.02. The minimum Gasteiger partial charge on any atom is -0.394 e. The number of pyridine rings is 1. The van der Waals surface area contributed by atoms with E-state index in [9.17, 15) is 15.2 Å². The van der Waals surface area contributed by atoms with Gasteiger partial charge in [-0.3, -0.25) is 15.1 Å². The molecule has 3 aromatic rings. The first-order valence-electron chi connectivity index (χ1n) is 9.26. The SMILES string of the molecule is CC(C)[C@H](CO)Nc1nc(Nc2cc(Cl)ccc2[N+](=O)[O-])cc(-c2ccccn2)n1. The molecule has 156 valence electrons. The molecule has 1 atom stereocenters. The lowest BCUT2D eigenvalue weighted by Gasteiger charge is -2.20. The van der Waals surface area contributed by atoms with Gasteiger partial charge in [-0.2, -0.15) is 4.98 Å². The number of aliphatic hydroxyl groups excluding tert-OH is 1. The molecule has 30 heavy (non-hydrogen) atoms. The second-order valence-corrected chi connectivity index (χ2v) is 7.33. The second kappa shape index (κ2) is 9.47. The van der Waals surface area contributed by atoms with E-state index in [2.05, 4.69) is 25.6 Å². The number of hydrogen-bond donors (Lipinski definition) is 3. The van der Waals surface area contributed by atoms with Crippen molar-refractivity contribution < 1.29 is 10.0 Å². The number of benzene rings is 1. The van der Waals surface area contributed by atoms with Crippen LogP contribution in [0.1, 0.15) is 13.8 Å². The lowest BCUT2D eigenvalue weighted by atomic mass is 10.1. The highest BCUT2D eigenvalue weighted by Crippen LogP contribution is 2.31. The number of nitrogens with one attached hydrogen (secondary N) is 2. The Hall–Kier alpha value is -3.30. The third kappa shape index (κ3) is 5.19. The summed E-state index contributed by atoms with van der Waals surface area (Å²) in [5, 5.41) is 27.4. The van der Waals surface area contributed by atoms with Crippen molar-refractivity contribution in [2.24, 2.45) is 5.92 Å². The zero-order valence-electron chi connectivity index (χ0n) is 16.4. The molecular formula is C20H21ClN6O3. The quantitative estimate of drug-likeness (QED) is 0.358. The highest BCUT2D eigenvalue weighted by atomic mass is 35.5. The highest BCUT2D eigenvalue weighted by molar-refractivity contribution is 6.31. The van der Waals surface area contributed by atoms with Gasteiger partial charge in [0.15, 0.2) is 0 Å². The molecule has 0 unspecified atom stereocenters. The molecule has 0 saturated heterocycles. The van der Waals surface area contributed by atoms with Crippen LogP contribution in [0.15, 0.2) is 48.7 Å². The predicted octanol–water partition coefficient (Wildman–Crippen LogP) is 4.27. The summed E-state index contributed by atoms with van der Waals surface area (Å²) in [7, 11) is 0. The maximum absolute atomic E-state index is 11.4. The van der Waals surface area contributed by atoms with Gasteiger partial charge in [-0.15, -0.1) is 0 Å². The molecule has 0 radical (unpaired) electrons. The minimum absolute atomic E-state index is 0.0998. The van der Waals surface area contributed by atoms with Gasteiger partial charge in [-0.25, -0.2) is 4.98 Å². The largest absolute Gasteiger partial charge is 0.394 e. The normalized spacial score (nSPS) is 11.9. The lowest BCUT2D eigenvalue weighted by molar-refractivity contribution is -0.383. The number of rotatable bonds is 8. The van der Waals surface area contributed by atoms with Gasteiger partial charge in [-0.05, 0) is 30.2 Å². The Balaban J connectivity index is 2.04. The van der Waals surface area contributed by atoms with Gasteiger partial charge in [-0.1, -0.05) is 31.5 Å². The van der Waals surface area contributed by atoms with Crippen molar-refractivity contribution in [3.05, 3.63) is 63.8 Å². The number of aliphatic hydroxyl groups is 1. The molecule has 10 heteroatoms. The van der Waals surface area contributed by atoms with Crippen LogP contribution in [0, 0.1) is 16.0 Å². The predicted molar refractivity (Wildman–Crippen MR) is 116 cm³/mol. The lowest BCUT2D eigenvalue weighted by Crippen LogP contribution is -2.30. The first-order valence-corrected chi connectivity index (χ1v) is 9.64. The van der Waals surface area contributed by atoms with Crippen molar-refractivity contribution in [1.82, 2.24) is 15.0 Å². The van der Waals surface area contributed by atoms with E-state index in [-0.39, 0.29) is 35.9 Å². The number of hydrogen-bond acceptors (Lipinski definition) is 8. The molecule has 0 amide bonds. The molecule has 9 nitrogen and oxygen atoms in total. The third-order valence-electron chi connectivity index (χ3n) is 4.39. The number of nitro benzene ring substituents is 1. The fraction of sp³-hybridized carbons (Fsp3) is 0.250. The first kappa shape index (κ1) is 21.4. The number of halogens is 1. The fourth-order valence-electron chi connectivity index (χ4n) is 2.72. The van der Waals surface area contributed by atoms with Crippen LogP contribution >= 0.6 is 11.6 Å². The van der Waals surface area contributed by atoms with E-state index in [1.165, 1.54) is 18.2 Å². The van der Waals surface area contributed by atoms with E-state index in [0.29, 0.717) is 22.2 Å². The Labute approximate surface area is 178 Å². The van der Waals surface area contributed by atoms with Crippen LogP contribution in [0.4, 0.5) is 23.1 Å². The average Bonchev–Trinajstić information content (AvgIpc) is 2.72. The van der Waals surface area contributed by atoms with Crippen molar-refractivity contribution in [2.75, 3.05) is 17.2 Å². The summed E-state index contributed by atoms with van der Waals surface area (Å²) < 4.78 is 0. The van der Waals surface area contributed by atoms with E-state index >= 15 is 0 Å². The van der Waals surface area contributed by atoms with Crippen LogP contribution in [0.3, 0.4) is 0 Å². The molecule has 0 saturated carbocycles. The smallest absolute Gasteiger partial charge is 0.292 e. The third-order valence-corrected chi connectivity index (χ3v) is 4.62. The maximum Gasteiger partial charge on any atom is 0.292 e. The van der Waals surface area contributed by atoms with Gasteiger partial charge in [0.1, 0.15) is 11.5 Å². The van der Waals surface area contributed by atoms with Crippen LogP contribution < -0.4 is 10.6 Å². The molecule has 0 spiro atoms. The number of aromatic nitrogens is 3. The van der Waals surface area contributed by atoms with Crippen molar-refractivity contribution in [3.63, 3.8) is 0 Å². The minimum atomic E-state index is -0.501. The van der Waals surface area contributed by atoms with E-state index < -0.39 is 4.92 Å². The van der Waals surface area contributed by atoms with E-state index in [1.807, 2.05) is 19.9 Å². The average molecular weight is 429 g/mol. The molecule has 2 heterocycles. The summed E-state index contributed by atoms with van der Waals surface area (Å²) in [6.45, 7) is 3.83. The molecule has 0 aliphatic heterocycles. The molecular weight excluding hydrogens is 408 g/mol. The summed E-state index contributed by atoms with van der Waals surface area (Å²) in [5.74, 6) is 0.708. The molecule has 0 fully saturated rings. The molecule has 1 aromatic carbocycles. The fourth-order valence-corrected chi connectivity index (χ4v) is 2.89. The summed E-state index contributed by atoms with van der Waals surface area (Å²) in [5.41, 5.74) is 1.19. The monoisotopic (exact) mass is 428 g/mol. The molecule has 0 aliphatic carbocycles. The Morgan fingerprint density at radius 3 is 2.60 bits per heavy atom. The number of nitro groups is 1. The molecule has 2 aromatic heterocycles. The van der Waals surface area contributed by atoms with Gasteiger partial charge in [0, 0.05) is 23.4 Å². The van der Waals surface area contributed by atoms with Crippen molar-refractivity contribution in [1.29, 1.82) is 0 Å². The summed E-state index contributed by atoms with van der Waals surface area (Å²) in [6.07, 6.45) is 1.64. The summed E-state index contributed by atoms with van der Waals surface area (Å²) in [4.78, 5) is 24.1. The number of nitrogens with zero attached hydrogens (tertiary/aromatic N) is 4. The van der Waals surface area contributed by atoms with Crippen LogP contribution in [-0.4, -0.2) is 37.6 Å². The maximum atomic E-state index is 11.4. The highest BCUT2D eigenvalue weighted by Gasteiger charge is 2.18. The van der Waals surface area contributed by atoms with Gasteiger partial charge in [0.25, 0.3) is 5.69 Å². The van der Waals surface area contributed by atoms with Crippen molar-refractivity contribution in [3.8, 4) is 11.4 Å². The molecule has 3 rings (SSSR count). The van der Waals surface area contributed by atoms with Crippen molar-refractivity contribution in [2.45, 2.75) is 19.9 Å². The van der Waals surface area contributed by atoms with Crippen LogP contribution in [0.25, 0.3) is 11.4 Å². The second-order valence-electron chi connectivity index (χ2n) is 6.90. The van der Waals surface area contributed by atoms with Gasteiger partial charge in [0.05, 0.1) is 29.0 Å².